The predicted octanol–water partition coefficient (Wildman–Crippen LogP) is 12.9. The van der Waals surface area contributed by atoms with E-state index in [4.69, 9.17) is 19.4 Å². The van der Waals surface area contributed by atoms with Crippen LogP contribution in [0.1, 0.15) is 0 Å². The lowest BCUT2D eigenvalue weighted by Gasteiger charge is -2.10. The zero-order valence-corrected chi connectivity index (χ0v) is 28.6. The summed E-state index contributed by atoms with van der Waals surface area (Å²) in [6.07, 6.45) is 0. The Balaban J connectivity index is 1.09. The number of hydrogen-bond acceptors (Lipinski definition) is 4. The Labute approximate surface area is 306 Å². The van der Waals surface area contributed by atoms with Gasteiger partial charge in [0.2, 0.25) is 0 Å². The molecule has 0 atom stereocenters. The summed E-state index contributed by atoms with van der Waals surface area (Å²) in [7, 11) is 0. The number of rotatable bonds is 6. The van der Waals surface area contributed by atoms with Gasteiger partial charge in [0.1, 0.15) is 11.2 Å². The van der Waals surface area contributed by atoms with Gasteiger partial charge in [0.15, 0.2) is 17.5 Å². The molecule has 0 unspecified atom stereocenters. The zero-order chi connectivity index (χ0) is 35.1. The number of aromatic nitrogens is 3. The first-order chi connectivity index (χ1) is 26.2. The topological polar surface area (TPSA) is 51.8 Å². The van der Waals surface area contributed by atoms with Gasteiger partial charge in [0, 0.05) is 27.5 Å². The summed E-state index contributed by atoms with van der Waals surface area (Å²) in [5, 5.41) is 4.44. The van der Waals surface area contributed by atoms with E-state index in [1.807, 2.05) is 18.2 Å². The molecule has 0 aliphatic heterocycles. The SMILES string of the molecule is c1ccc(-c2ccc(-c3cccc4oc5cc(-c6nc(-c7cccc(-c8ccccc8)c7)nc(-c7ccc8ccccc8c7)n6)ccc5c34)cc2)cc1. The lowest BCUT2D eigenvalue weighted by atomic mass is 9.96. The predicted molar refractivity (Wildman–Crippen MR) is 217 cm³/mol. The van der Waals surface area contributed by atoms with Crippen LogP contribution in [-0.2, 0) is 0 Å². The minimum atomic E-state index is 0.586. The lowest BCUT2D eigenvalue weighted by molar-refractivity contribution is 0.669. The Hall–Kier alpha value is -7.17. The quantitative estimate of drug-likeness (QED) is 0.176. The molecule has 0 saturated carbocycles. The molecule has 2 heterocycles. The van der Waals surface area contributed by atoms with Gasteiger partial charge in [-0.05, 0) is 74.5 Å². The standard InChI is InChI=1S/C49H31N3O/c1-3-11-32(12-4-1)35-21-24-36(25-22-35)42-19-10-20-44-46(42)43-28-27-41(31-45(43)53-44)49-51-47(39-18-9-17-38(29-39)33-13-5-2-6-14-33)50-48(52-49)40-26-23-34-15-7-8-16-37(34)30-40/h1-31H. The van der Waals surface area contributed by atoms with E-state index >= 15 is 0 Å². The molecule has 2 aromatic heterocycles. The van der Waals surface area contributed by atoms with Gasteiger partial charge in [0.05, 0.1) is 0 Å². The third-order valence-corrected chi connectivity index (χ3v) is 9.93. The van der Waals surface area contributed by atoms with Crippen molar-refractivity contribution in [3.63, 3.8) is 0 Å². The smallest absolute Gasteiger partial charge is 0.164 e. The van der Waals surface area contributed by atoms with Gasteiger partial charge < -0.3 is 4.42 Å². The average molecular weight is 678 g/mol. The summed E-state index contributed by atoms with van der Waals surface area (Å²) < 4.78 is 6.54. The highest BCUT2D eigenvalue weighted by Crippen LogP contribution is 2.39. The molecular weight excluding hydrogens is 647 g/mol. The number of benzene rings is 8. The molecule has 10 rings (SSSR count). The molecule has 0 aliphatic rings. The van der Waals surface area contributed by atoms with Crippen LogP contribution in [-0.4, -0.2) is 15.0 Å². The fourth-order valence-corrected chi connectivity index (χ4v) is 7.24. The number of furan rings is 1. The van der Waals surface area contributed by atoms with Gasteiger partial charge in [-0.15, -0.1) is 0 Å². The first kappa shape index (κ1) is 30.6. The summed E-state index contributed by atoms with van der Waals surface area (Å²) in [6, 6.07) is 65.2. The molecule has 10 aromatic rings. The van der Waals surface area contributed by atoms with E-state index in [0.29, 0.717) is 17.5 Å². The second-order valence-electron chi connectivity index (χ2n) is 13.3. The molecule has 53 heavy (non-hydrogen) atoms. The molecule has 0 amide bonds. The van der Waals surface area contributed by atoms with Crippen LogP contribution < -0.4 is 0 Å². The molecule has 0 fully saturated rings. The lowest BCUT2D eigenvalue weighted by Crippen LogP contribution is -2.00. The van der Waals surface area contributed by atoms with Crippen LogP contribution >= 0.6 is 0 Å². The maximum absolute atomic E-state index is 6.54. The third kappa shape index (κ3) is 5.73. The summed E-state index contributed by atoms with van der Waals surface area (Å²) in [5.41, 5.74) is 11.2. The van der Waals surface area contributed by atoms with Gasteiger partial charge >= 0.3 is 0 Å². The van der Waals surface area contributed by atoms with E-state index in [-0.39, 0.29) is 0 Å². The van der Waals surface area contributed by atoms with Crippen molar-refractivity contribution < 1.29 is 4.42 Å². The summed E-state index contributed by atoms with van der Waals surface area (Å²) in [6.45, 7) is 0. The number of hydrogen-bond donors (Lipinski definition) is 0. The van der Waals surface area contributed by atoms with Crippen LogP contribution in [0, 0.1) is 0 Å². The first-order valence-electron chi connectivity index (χ1n) is 17.8. The second-order valence-corrected chi connectivity index (χ2v) is 13.3. The minimum absolute atomic E-state index is 0.586. The normalized spacial score (nSPS) is 11.4. The van der Waals surface area contributed by atoms with Gasteiger partial charge in [0.25, 0.3) is 0 Å². The molecular formula is C49H31N3O. The van der Waals surface area contributed by atoms with E-state index in [9.17, 15) is 0 Å². The Kier molecular flexibility index (Phi) is 7.43. The molecule has 0 aliphatic carbocycles. The van der Waals surface area contributed by atoms with Crippen molar-refractivity contribution in [2.45, 2.75) is 0 Å². The van der Waals surface area contributed by atoms with Crippen molar-refractivity contribution in [2.24, 2.45) is 0 Å². The van der Waals surface area contributed by atoms with Crippen LogP contribution in [0.3, 0.4) is 0 Å². The number of fused-ring (bicyclic) bond motifs is 4. The number of nitrogens with zero attached hydrogens (tertiary/aromatic N) is 3. The highest BCUT2D eigenvalue weighted by molar-refractivity contribution is 6.13. The van der Waals surface area contributed by atoms with Crippen molar-refractivity contribution >= 4 is 32.7 Å². The third-order valence-electron chi connectivity index (χ3n) is 9.93. The molecule has 0 saturated heterocycles. The van der Waals surface area contributed by atoms with Crippen molar-refractivity contribution in [3.05, 3.63) is 188 Å². The van der Waals surface area contributed by atoms with E-state index in [1.54, 1.807) is 0 Å². The molecule has 0 N–H and O–H groups in total. The van der Waals surface area contributed by atoms with Crippen LogP contribution in [0.4, 0.5) is 0 Å². The molecule has 248 valence electrons. The minimum Gasteiger partial charge on any atom is -0.456 e. The van der Waals surface area contributed by atoms with Crippen molar-refractivity contribution in [2.75, 3.05) is 0 Å². The Bertz CT molecular complexity index is 2930. The van der Waals surface area contributed by atoms with E-state index in [1.165, 1.54) is 16.5 Å². The largest absolute Gasteiger partial charge is 0.456 e. The highest BCUT2D eigenvalue weighted by atomic mass is 16.3. The molecule has 4 nitrogen and oxygen atoms in total. The first-order valence-corrected chi connectivity index (χ1v) is 17.8. The van der Waals surface area contributed by atoms with Gasteiger partial charge in [-0.2, -0.15) is 0 Å². The van der Waals surface area contributed by atoms with Crippen LogP contribution in [0.15, 0.2) is 192 Å². The average Bonchev–Trinajstić information content (AvgIpc) is 3.62. The maximum Gasteiger partial charge on any atom is 0.164 e. The maximum atomic E-state index is 6.54. The monoisotopic (exact) mass is 677 g/mol. The highest BCUT2D eigenvalue weighted by Gasteiger charge is 2.17. The van der Waals surface area contributed by atoms with E-state index in [2.05, 4.69) is 170 Å². The molecule has 4 heteroatoms. The van der Waals surface area contributed by atoms with E-state index in [0.717, 1.165) is 66.3 Å². The fourth-order valence-electron chi connectivity index (χ4n) is 7.24. The fraction of sp³-hybridized carbons (Fsp3) is 0. The van der Waals surface area contributed by atoms with Crippen molar-refractivity contribution in [3.8, 4) is 67.5 Å². The van der Waals surface area contributed by atoms with Crippen molar-refractivity contribution in [1.82, 2.24) is 15.0 Å². The Morgan fingerprint density at radius 3 is 1.55 bits per heavy atom. The van der Waals surface area contributed by atoms with Gasteiger partial charge in [-0.3, -0.25) is 0 Å². The van der Waals surface area contributed by atoms with Gasteiger partial charge in [-0.25, -0.2) is 15.0 Å². The molecule has 0 radical (unpaired) electrons. The zero-order valence-electron chi connectivity index (χ0n) is 28.6. The summed E-state index contributed by atoms with van der Waals surface area (Å²) in [5.74, 6) is 1.82. The van der Waals surface area contributed by atoms with Gasteiger partial charge in [-0.1, -0.05) is 158 Å². The van der Waals surface area contributed by atoms with Crippen LogP contribution in [0.25, 0.3) is 100 Å². The Morgan fingerprint density at radius 1 is 0.302 bits per heavy atom. The molecule has 0 bridgehead atoms. The molecule has 8 aromatic carbocycles. The summed E-state index contributed by atoms with van der Waals surface area (Å²) >= 11 is 0. The van der Waals surface area contributed by atoms with Crippen molar-refractivity contribution in [1.29, 1.82) is 0 Å². The summed E-state index contributed by atoms with van der Waals surface area (Å²) in [4.78, 5) is 15.2. The second kappa shape index (κ2) is 12.9. The Morgan fingerprint density at radius 2 is 0.811 bits per heavy atom. The van der Waals surface area contributed by atoms with E-state index < -0.39 is 0 Å². The van der Waals surface area contributed by atoms with Crippen LogP contribution in [0.2, 0.25) is 0 Å². The van der Waals surface area contributed by atoms with Crippen LogP contribution in [0.5, 0.6) is 0 Å². The molecule has 0 spiro atoms.